The average molecular weight is 336 g/mol. The standard InChI is InChI=1S/C15H14BrNO3/c1-10-8-12(16)14(13(17-10)15(18)19-2)20-9-11-6-4-3-5-7-11/h3-8H,9H2,1-2H3. The maximum atomic E-state index is 11.8. The zero-order chi connectivity index (χ0) is 14.5. The second kappa shape index (κ2) is 6.52. The highest BCUT2D eigenvalue weighted by atomic mass is 79.9. The number of pyridine rings is 1. The lowest BCUT2D eigenvalue weighted by Gasteiger charge is -2.12. The van der Waals surface area contributed by atoms with E-state index < -0.39 is 5.97 Å². The Morgan fingerprint density at radius 2 is 2.00 bits per heavy atom. The number of benzene rings is 1. The molecule has 0 N–H and O–H groups in total. The van der Waals surface area contributed by atoms with E-state index in [9.17, 15) is 4.79 Å². The molecule has 104 valence electrons. The summed E-state index contributed by atoms with van der Waals surface area (Å²) in [7, 11) is 1.32. The lowest BCUT2D eigenvalue weighted by molar-refractivity contribution is 0.0587. The highest BCUT2D eigenvalue weighted by Gasteiger charge is 2.19. The van der Waals surface area contributed by atoms with Crippen LogP contribution in [0.4, 0.5) is 0 Å². The van der Waals surface area contributed by atoms with E-state index in [2.05, 4.69) is 20.9 Å². The van der Waals surface area contributed by atoms with Gasteiger partial charge in [0.05, 0.1) is 11.6 Å². The molecule has 0 saturated carbocycles. The van der Waals surface area contributed by atoms with Crippen LogP contribution in [0.1, 0.15) is 21.7 Å². The topological polar surface area (TPSA) is 48.4 Å². The first kappa shape index (κ1) is 14.5. The van der Waals surface area contributed by atoms with Crippen LogP contribution in [0.3, 0.4) is 0 Å². The minimum Gasteiger partial charge on any atom is -0.485 e. The highest BCUT2D eigenvalue weighted by molar-refractivity contribution is 9.10. The van der Waals surface area contributed by atoms with Gasteiger partial charge >= 0.3 is 5.97 Å². The van der Waals surface area contributed by atoms with Crippen molar-refractivity contribution < 1.29 is 14.3 Å². The SMILES string of the molecule is COC(=O)c1nc(C)cc(Br)c1OCc1ccccc1. The molecule has 4 nitrogen and oxygen atoms in total. The fourth-order valence-electron chi connectivity index (χ4n) is 1.72. The molecule has 0 amide bonds. The Kier molecular flexibility index (Phi) is 4.74. The summed E-state index contributed by atoms with van der Waals surface area (Å²) in [5.41, 5.74) is 1.90. The molecule has 0 unspecified atom stereocenters. The van der Waals surface area contributed by atoms with Gasteiger partial charge < -0.3 is 9.47 Å². The predicted octanol–water partition coefficient (Wildman–Crippen LogP) is 3.52. The van der Waals surface area contributed by atoms with Crippen LogP contribution in [0.5, 0.6) is 5.75 Å². The van der Waals surface area contributed by atoms with Crippen LogP contribution in [0, 0.1) is 6.92 Å². The molecule has 1 heterocycles. The number of nitrogens with zero attached hydrogens (tertiary/aromatic N) is 1. The normalized spacial score (nSPS) is 10.2. The van der Waals surface area contributed by atoms with Gasteiger partial charge in [-0.1, -0.05) is 30.3 Å². The van der Waals surface area contributed by atoms with E-state index in [1.54, 1.807) is 13.0 Å². The molecule has 0 bridgehead atoms. The van der Waals surface area contributed by atoms with Crippen LogP contribution in [-0.4, -0.2) is 18.1 Å². The molecule has 0 aliphatic carbocycles. The highest BCUT2D eigenvalue weighted by Crippen LogP contribution is 2.30. The zero-order valence-corrected chi connectivity index (χ0v) is 12.8. The Balaban J connectivity index is 2.28. The fourth-order valence-corrected chi connectivity index (χ4v) is 2.36. The molecule has 5 heteroatoms. The molecular formula is C15H14BrNO3. The van der Waals surface area contributed by atoms with Crippen molar-refractivity contribution in [3.05, 3.63) is 57.8 Å². The van der Waals surface area contributed by atoms with Gasteiger partial charge in [-0.2, -0.15) is 0 Å². The summed E-state index contributed by atoms with van der Waals surface area (Å²) in [5, 5.41) is 0. The fraction of sp³-hybridized carbons (Fsp3) is 0.200. The smallest absolute Gasteiger partial charge is 0.360 e. The minimum absolute atomic E-state index is 0.176. The Morgan fingerprint density at radius 3 is 2.65 bits per heavy atom. The Hall–Kier alpha value is -1.88. The van der Waals surface area contributed by atoms with Crippen LogP contribution in [-0.2, 0) is 11.3 Å². The van der Waals surface area contributed by atoms with Crippen molar-refractivity contribution in [2.24, 2.45) is 0 Å². The summed E-state index contributed by atoms with van der Waals surface area (Å²) in [6.45, 7) is 2.16. The summed E-state index contributed by atoms with van der Waals surface area (Å²) >= 11 is 3.40. The Labute approximate surface area is 125 Å². The van der Waals surface area contributed by atoms with Gasteiger partial charge in [0.2, 0.25) is 0 Å². The number of carbonyl (C=O) groups is 1. The van der Waals surface area contributed by atoms with Crippen molar-refractivity contribution in [3.8, 4) is 5.75 Å². The maximum absolute atomic E-state index is 11.8. The van der Waals surface area contributed by atoms with E-state index in [1.165, 1.54) is 7.11 Å². The molecular weight excluding hydrogens is 322 g/mol. The molecule has 0 aliphatic rings. The average Bonchev–Trinajstić information content (AvgIpc) is 2.46. The summed E-state index contributed by atoms with van der Waals surface area (Å²) in [5.74, 6) is -0.122. The molecule has 0 radical (unpaired) electrons. The van der Waals surface area contributed by atoms with Crippen LogP contribution in [0.15, 0.2) is 40.9 Å². The number of aromatic nitrogens is 1. The van der Waals surface area contributed by atoms with Crippen molar-refractivity contribution in [2.45, 2.75) is 13.5 Å². The van der Waals surface area contributed by atoms with E-state index in [0.29, 0.717) is 22.5 Å². The number of hydrogen-bond donors (Lipinski definition) is 0. The van der Waals surface area contributed by atoms with Crippen LogP contribution >= 0.6 is 15.9 Å². The predicted molar refractivity (Wildman–Crippen MR) is 78.8 cm³/mol. The van der Waals surface area contributed by atoms with E-state index in [4.69, 9.17) is 9.47 Å². The molecule has 20 heavy (non-hydrogen) atoms. The molecule has 0 saturated heterocycles. The van der Waals surface area contributed by atoms with Crippen molar-refractivity contribution in [1.82, 2.24) is 4.98 Å². The quantitative estimate of drug-likeness (QED) is 0.802. The van der Waals surface area contributed by atoms with Crippen LogP contribution in [0.25, 0.3) is 0 Å². The second-order valence-electron chi connectivity index (χ2n) is 4.19. The molecule has 1 aromatic carbocycles. The van der Waals surface area contributed by atoms with Gasteiger partial charge in [-0.15, -0.1) is 0 Å². The van der Waals surface area contributed by atoms with Crippen LogP contribution in [0.2, 0.25) is 0 Å². The summed E-state index contributed by atoms with van der Waals surface area (Å²) in [4.78, 5) is 16.0. The number of aryl methyl sites for hydroxylation is 1. The Morgan fingerprint density at radius 1 is 1.30 bits per heavy atom. The monoisotopic (exact) mass is 335 g/mol. The van der Waals surface area contributed by atoms with Gasteiger partial charge in [-0.25, -0.2) is 9.78 Å². The zero-order valence-electron chi connectivity index (χ0n) is 11.2. The number of hydrogen-bond acceptors (Lipinski definition) is 4. The maximum Gasteiger partial charge on any atom is 0.360 e. The van der Waals surface area contributed by atoms with Gasteiger partial charge in [-0.05, 0) is 34.5 Å². The minimum atomic E-state index is -0.516. The van der Waals surface area contributed by atoms with Gasteiger partial charge in [0.25, 0.3) is 0 Å². The first-order valence-corrected chi connectivity index (χ1v) is 6.83. The second-order valence-corrected chi connectivity index (χ2v) is 5.04. The lowest BCUT2D eigenvalue weighted by Crippen LogP contribution is -2.10. The number of halogens is 1. The van der Waals surface area contributed by atoms with Gasteiger partial charge in [-0.3, -0.25) is 0 Å². The molecule has 0 fully saturated rings. The third-order valence-electron chi connectivity index (χ3n) is 2.66. The third kappa shape index (κ3) is 3.36. The number of rotatable bonds is 4. The third-order valence-corrected chi connectivity index (χ3v) is 3.25. The van der Waals surface area contributed by atoms with Crippen molar-refractivity contribution in [1.29, 1.82) is 0 Å². The van der Waals surface area contributed by atoms with E-state index in [0.717, 1.165) is 5.56 Å². The van der Waals surface area contributed by atoms with E-state index >= 15 is 0 Å². The molecule has 0 atom stereocenters. The largest absolute Gasteiger partial charge is 0.485 e. The van der Waals surface area contributed by atoms with Crippen molar-refractivity contribution in [2.75, 3.05) is 7.11 Å². The molecule has 2 rings (SSSR count). The van der Waals surface area contributed by atoms with E-state index in [-0.39, 0.29) is 5.69 Å². The molecule has 1 aromatic heterocycles. The summed E-state index contributed by atoms with van der Waals surface area (Å²) < 4.78 is 11.1. The first-order valence-electron chi connectivity index (χ1n) is 6.04. The molecule has 0 aliphatic heterocycles. The molecule has 2 aromatic rings. The number of methoxy groups -OCH3 is 1. The first-order chi connectivity index (χ1) is 9.61. The van der Waals surface area contributed by atoms with Gasteiger partial charge in [0.1, 0.15) is 6.61 Å². The van der Waals surface area contributed by atoms with Gasteiger partial charge in [0.15, 0.2) is 11.4 Å². The van der Waals surface area contributed by atoms with Crippen LogP contribution < -0.4 is 4.74 Å². The molecule has 0 spiro atoms. The summed E-state index contributed by atoms with van der Waals surface area (Å²) in [6, 6.07) is 11.5. The number of ether oxygens (including phenoxy) is 2. The van der Waals surface area contributed by atoms with Crippen molar-refractivity contribution in [3.63, 3.8) is 0 Å². The van der Waals surface area contributed by atoms with Gasteiger partial charge in [0, 0.05) is 5.69 Å². The Bertz CT molecular complexity index is 614. The lowest BCUT2D eigenvalue weighted by atomic mass is 10.2. The number of esters is 1. The number of carbonyl (C=O) groups excluding carboxylic acids is 1. The summed E-state index contributed by atoms with van der Waals surface area (Å²) in [6.07, 6.45) is 0. The van der Waals surface area contributed by atoms with E-state index in [1.807, 2.05) is 30.3 Å². The van der Waals surface area contributed by atoms with Crippen molar-refractivity contribution >= 4 is 21.9 Å².